The van der Waals surface area contributed by atoms with Gasteiger partial charge in [-0.15, -0.1) is 0 Å². The summed E-state index contributed by atoms with van der Waals surface area (Å²) < 4.78 is 5.57. The van der Waals surface area contributed by atoms with E-state index in [0.29, 0.717) is 18.2 Å². The van der Waals surface area contributed by atoms with Crippen molar-refractivity contribution in [1.82, 2.24) is 10.1 Å². The van der Waals surface area contributed by atoms with E-state index < -0.39 is 0 Å². The van der Waals surface area contributed by atoms with E-state index in [4.69, 9.17) is 4.52 Å². The Balaban J connectivity index is 1.48. The molecule has 1 fully saturated rings. The number of nitrogens with zero attached hydrogens (tertiary/aromatic N) is 3. The molecule has 142 valence electrons. The summed E-state index contributed by atoms with van der Waals surface area (Å²) in [7, 11) is 0. The summed E-state index contributed by atoms with van der Waals surface area (Å²) in [4.78, 5) is 19.7. The summed E-state index contributed by atoms with van der Waals surface area (Å²) in [6.07, 6.45) is 3.75. The molecule has 3 aromatic rings. The summed E-state index contributed by atoms with van der Waals surface area (Å²) in [5.74, 6) is 1.69. The average Bonchev–Trinajstić information content (AvgIpc) is 3.32. The second-order valence-electron chi connectivity index (χ2n) is 7.42. The first kappa shape index (κ1) is 17.0. The van der Waals surface area contributed by atoms with Crippen LogP contribution in [-0.4, -0.2) is 16.2 Å². The minimum absolute atomic E-state index is 0.179. The van der Waals surface area contributed by atoms with Crippen LogP contribution in [0.5, 0.6) is 0 Å². The van der Waals surface area contributed by atoms with E-state index in [9.17, 15) is 4.79 Å². The molecule has 1 saturated carbocycles. The molecule has 1 aromatic heterocycles. The van der Waals surface area contributed by atoms with Gasteiger partial charge in [0.05, 0.1) is 0 Å². The number of anilines is 2. The topological polar surface area (TPSA) is 71.3 Å². The summed E-state index contributed by atoms with van der Waals surface area (Å²) >= 11 is 0. The van der Waals surface area contributed by atoms with Gasteiger partial charge in [0.2, 0.25) is 5.89 Å². The van der Waals surface area contributed by atoms with Crippen LogP contribution in [0.3, 0.4) is 0 Å². The van der Waals surface area contributed by atoms with Crippen molar-refractivity contribution in [3.05, 3.63) is 71.4 Å². The molecule has 28 heavy (non-hydrogen) atoms. The molecule has 2 aliphatic rings. The molecule has 2 heterocycles. The van der Waals surface area contributed by atoms with E-state index >= 15 is 0 Å². The van der Waals surface area contributed by atoms with Crippen LogP contribution in [0.15, 0.2) is 53.1 Å². The van der Waals surface area contributed by atoms with Gasteiger partial charge < -0.3 is 9.84 Å². The zero-order valence-corrected chi connectivity index (χ0v) is 15.8. The van der Waals surface area contributed by atoms with Gasteiger partial charge in [-0.1, -0.05) is 48.5 Å². The first-order valence-electron chi connectivity index (χ1n) is 9.84. The lowest BCUT2D eigenvalue weighted by molar-refractivity contribution is 0.253. The smallest absolute Gasteiger partial charge is 0.327 e. The fourth-order valence-corrected chi connectivity index (χ4v) is 3.85. The lowest BCUT2D eigenvalue weighted by Crippen LogP contribution is -2.36. The lowest BCUT2D eigenvalue weighted by Gasteiger charge is -2.24. The van der Waals surface area contributed by atoms with Crippen molar-refractivity contribution in [3.8, 4) is 0 Å². The number of benzene rings is 2. The third kappa shape index (κ3) is 2.95. The minimum atomic E-state index is -0.286. The van der Waals surface area contributed by atoms with E-state index in [1.807, 2.05) is 48.5 Å². The lowest BCUT2D eigenvalue weighted by atomic mass is 10.1. The van der Waals surface area contributed by atoms with Crippen molar-refractivity contribution in [1.29, 1.82) is 0 Å². The van der Waals surface area contributed by atoms with Crippen LogP contribution in [0.25, 0.3) is 0 Å². The molecule has 0 saturated heterocycles. The maximum Gasteiger partial charge on any atom is 0.327 e. The quantitative estimate of drug-likeness (QED) is 0.709. The number of aryl methyl sites for hydroxylation is 1. The molecule has 1 aliphatic heterocycles. The largest absolute Gasteiger partial charge is 0.337 e. The number of carbonyl (C=O) groups is 1. The van der Waals surface area contributed by atoms with Crippen LogP contribution in [0.4, 0.5) is 16.2 Å². The highest BCUT2D eigenvalue weighted by atomic mass is 16.5. The molecule has 0 radical (unpaired) electrons. The predicted octanol–water partition coefficient (Wildman–Crippen LogP) is 4.85. The molecule has 2 aromatic carbocycles. The number of amides is 2. The number of urea groups is 1. The maximum absolute atomic E-state index is 13.3. The highest BCUT2D eigenvalue weighted by Crippen LogP contribution is 2.42. The number of para-hydroxylation sites is 2. The molecule has 5 rings (SSSR count). The van der Waals surface area contributed by atoms with E-state index in [0.717, 1.165) is 47.6 Å². The molecule has 1 atom stereocenters. The van der Waals surface area contributed by atoms with Crippen LogP contribution in [0, 0.1) is 0 Å². The normalized spacial score (nSPS) is 18.2. The fraction of sp³-hybridized carbons (Fsp3) is 0.318. The standard InChI is InChI=1S/C22H22N4O2/c1-2-14-7-3-5-9-17(14)23-22(27)26-18-10-6-4-8-16(18)13-19(26)21-24-20(25-28-21)15-11-12-15/h3-10,15,19H,2,11-13H2,1H3,(H,23,27). The first-order valence-corrected chi connectivity index (χ1v) is 9.84. The molecule has 6 nitrogen and oxygen atoms in total. The Labute approximate surface area is 163 Å². The van der Waals surface area contributed by atoms with Gasteiger partial charge in [-0.05, 0) is 42.5 Å². The fourth-order valence-electron chi connectivity index (χ4n) is 3.85. The third-order valence-electron chi connectivity index (χ3n) is 5.52. The van der Waals surface area contributed by atoms with Crippen LogP contribution in [-0.2, 0) is 12.8 Å². The Morgan fingerprint density at radius 2 is 1.96 bits per heavy atom. The van der Waals surface area contributed by atoms with Crippen molar-refractivity contribution in [3.63, 3.8) is 0 Å². The second-order valence-corrected chi connectivity index (χ2v) is 7.42. The van der Waals surface area contributed by atoms with Gasteiger partial charge >= 0.3 is 6.03 Å². The van der Waals surface area contributed by atoms with E-state index in [-0.39, 0.29) is 12.1 Å². The molecule has 1 aliphatic carbocycles. The minimum Gasteiger partial charge on any atom is -0.337 e. The summed E-state index contributed by atoms with van der Waals surface area (Å²) in [5.41, 5.74) is 3.94. The highest BCUT2D eigenvalue weighted by Gasteiger charge is 2.39. The monoisotopic (exact) mass is 374 g/mol. The molecule has 6 heteroatoms. The van der Waals surface area contributed by atoms with Crippen molar-refractivity contribution in [2.24, 2.45) is 0 Å². The van der Waals surface area contributed by atoms with Crippen LogP contribution < -0.4 is 10.2 Å². The van der Waals surface area contributed by atoms with Gasteiger partial charge in [-0.3, -0.25) is 4.90 Å². The van der Waals surface area contributed by atoms with E-state index in [2.05, 4.69) is 22.4 Å². The number of hydrogen-bond donors (Lipinski definition) is 1. The number of hydrogen-bond acceptors (Lipinski definition) is 4. The Hall–Kier alpha value is -3.15. The Kier molecular flexibility index (Phi) is 4.11. The number of rotatable bonds is 4. The van der Waals surface area contributed by atoms with E-state index in [1.165, 1.54) is 0 Å². The first-order chi connectivity index (χ1) is 13.7. The SMILES string of the molecule is CCc1ccccc1NC(=O)N1c2ccccc2CC1c1nc(C2CC2)no1. The van der Waals surface area contributed by atoms with Gasteiger partial charge in [0.25, 0.3) is 0 Å². The zero-order valence-electron chi connectivity index (χ0n) is 15.8. The predicted molar refractivity (Wildman–Crippen MR) is 106 cm³/mol. The number of carbonyl (C=O) groups excluding carboxylic acids is 1. The molecule has 1 unspecified atom stereocenters. The molecular weight excluding hydrogens is 352 g/mol. The second kappa shape index (κ2) is 6.78. The average molecular weight is 374 g/mol. The number of fused-ring (bicyclic) bond motifs is 1. The van der Waals surface area contributed by atoms with Gasteiger partial charge in [-0.25, -0.2) is 4.79 Å². The maximum atomic E-state index is 13.3. The van der Waals surface area contributed by atoms with Crippen molar-refractivity contribution in [2.75, 3.05) is 10.2 Å². The number of nitrogens with one attached hydrogen (secondary N) is 1. The van der Waals surface area contributed by atoms with Crippen molar-refractivity contribution >= 4 is 17.4 Å². The molecule has 0 spiro atoms. The summed E-state index contributed by atoms with van der Waals surface area (Å²) in [6.45, 7) is 2.08. The van der Waals surface area contributed by atoms with Crippen LogP contribution >= 0.6 is 0 Å². The van der Waals surface area contributed by atoms with Crippen LogP contribution in [0.2, 0.25) is 0 Å². The van der Waals surface area contributed by atoms with Gasteiger partial charge in [0.15, 0.2) is 5.82 Å². The summed E-state index contributed by atoms with van der Waals surface area (Å²) in [5, 5.41) is 7.23. The highest BCUT2D eigenvalue weighted by molar-refractivity contribution is 6.04. The van der Waals surface area contributed by atoms with Crippen LogP contribution in [0.1, 0.15) is 54.6 Å². The third-order valence-corrected chi connectivity index (χ3v) is 5.52. The number of aromatic nitrogens is 2. The van der Waals surface area contributed by atoms with Gasteiger partial charge in [0, 0.05) is 23.7 Å². The van der Waals surface area contributed by atoms with Gasteiger partial charge in [-0.2, -0.15) is 4.98 Å². The van der Waals surface area contributed by atoms with Gasteiger partial charge in [0.1, 0.15) is 6.04 Å². The molecular formula is C22H22N4O2. The van der Waals surface area contributed by atoms with Crippen molar-refractivity contribution in [2.45, 2.75) is 44.6 Å². The van der Waals surface area contributed by atoms with Crippen molar-refractivity contribution < 1.29 is 9.32 Å². The Morgan fingerprint density at radius 1 is 1.18 bits per heavy atom. The Morgan fingerprint density at radius 3 is 2.79 bits per heavy atom. The summed E-state index contributed by atoms with van der Waals surface area (Å²) in [6, 6.07) is 15.4. The Bertz CT molecular complexity index is 1020. The molecule has 1 N–H and O–H groups in total. The molecule has 0 bridgehead atoms. The zero-order chi connectivity index (χ0) is 19.1. The van der Waals surface area contributed by atoms with E-state index in [1.54, 1.807) is 4.90 Å². The molecule has 2 amide bonds.